The molecule has 0 radical (unpaired) electrons. The van der Waals surface area contributed by atoms with Gasteiger partial charge in [-0.2, -0.15) is 0 Å². The highest BCUT2D eigenvalue weighted by Crippen LogP contribution is 2.55. The Balaban J connectivity index is 1.17. The van der Waals surface area contributed by atoms with Crippen LogP contribution in [0, 0.1) is 11.8 Å². The van der Waals surface area contributed by atoms with E-state index in [1.807, 2.05) is 9.80 Å². The van der Waals surface area contributed by atoms with Crippen LogP contribution in [0.3, 0.4) is 0 Å². The van der Waals surface area contributed by atoms with Crippen molar-refractivity contribution in [3.05, 3.63) is 91.9 Å². The van der Waals surface area contributed by atoms with Gasteiger partial charge in [-0.3, -0.25) is 19.2 Å². The average molecular weight is 1660 g/mol. The molecule has 2 unspecified atom stereocenters. The van der Waals surface area contributed by atoms with Crippen LogP contribution in [-0.2, 0) is 19.2 Å². The highest BCUT2D eigenvalue weighted by atomic mass is 79.9. The van der Waals surface area contributed by atoms with Crippen molar-refractivity contribution in [2.45, 2.75) is 427 Å². The number of hydrogen-bond acceptors (Lipinski definition) is 4. The summed E-state index contributed by atoms with van der Waals surface area (Å²) in [5, 5.41) is 1.83. The molecule has 0 bridgehead atoms. The number of hydrogen-bond donors (Lipinski definition) is 0. The lowest BCUT2D eigenvalue weighted by molar-refractivity contribution is -0.114. The maximum atomic E-state index is 16.3. The summed E-state index contributed by atoms with van der Waals surface area (Å²) in [6, 6.07) is 21.1. The van der Waals surface area contributed by atoms with E-state index in [1.54, 1.807) is 0 Å². The van der Waals surface area contributed by atoms with Gasteiger partial charge in [0.25, 0.3) is 23.6 Å². The second-order valence-electron chi connectivity index (χ2n) is 35.2. The van der Waals surface area contributed by atoms with Gasteiger partial charge in [-0.05, 0) is 74.6 Å². The third kappa shape index (κ3) is 28.9. The van der Waals surface area contributed by atoms with Crippen molar-refractivity contribution >= 4 is 111 Å². The van der Waals surface area contributed by atoms with Gasteiger partial charge in [0.1, 0.15) is 0 Å². The Morgan fingerprint density at radius 2 is 0.446 bits per heavy atom. The highest BCUT2D eigenvalue weighted by molar-refractivity contribution is 9.10. The van der Waals surface area contributed by atoms with Crippen LogP contribution >= 0.6 is 31.9 Å². The molecule has 4 aromatic rings. The smallest absolute Gasteiger partial charge is 0.259 e. The molecule has 4 aliphatic rings. The summed E-state index contributed by atoms with van der Waals surface area (Å²) in [4.78, 5) is 72.9. The van der Waals surface area contributed by atoms with E-state index in [1.165, 1.54) is 321 Å². The van der Waals surface area contributed by atoms with Crippen LogP contribution in [0.2, 0.25) is 0 Å². The number of unbranched alkanes of at least 4 members (excludes halogenated alkanes) is 50. The largest absolute Gasteiger partial charge is 0.307 e. The summed E-state index contributed by atoms with van der Waals surface area (Å²) in [6.07, 6.45) is 74.7. The monoisotopic (exact) mass is 1660 g/mol. The van der Waals surface area contributed by atoms with Gasteiger partial charge in [-0.25, -0.2) is 0 Å². The number of rotatable bonds is 66. The molecule has 4 heterocycles. The lowest BCUT2D eigenvalue weighted by Crippen LogP contribution is -2.33. The number of amides is 4. The second kappa shape index (κ2) is 54.5. The highest BCUT2D eigenvalue weighted by Gasteiger charge is 2.47. The Kier molecular flexibility index (Phi) is 45.2. The quantitative estimate of drug-likeness (QED) is 0.0326. The second-order valence-corrected chi connectivity index (χ2v) is 37.0. The van der Waals surface area contributed by atoms with E-state index in [9.17, 15) is 0 Å². The van der Waals surface area contributed by atoms with Crippen molar-refractivity contribution in [3.8, 4) is 0 Å². The summed E-state index contributed by atoms with van der Waals surface area (Å²) in [5.41, 5.74) is 8.82. The molecule has 0 fully saturated rings. The van der Waals surface area contributed by atoms with Crippen molar-refractivity contribution in [2.24, 2.45) is 11.8 Å². The molecule has 0 spiro atoms. The molecule has 0 aliphatic carbocycles. The fourth-order valence-electron chi connectivity index (χ4n) is 19.1. The van der Waals surface area contributed by atoms with Gasteiger partial charge in [-0.1, -0.05) is 457 Å². The summed E-state index contributed by atoms with van der Waals surface area (Å²) in [6.45, 7) is 16.1. The van der Waals surface area contributed by atoms with Crippen LogP contribution in [-0.4, -0.2) is 49.8 Å². The molecule has 4 aromatic carbocycles. The van der Waals surface area contributed by atoms with Crippen LogP contribution in [0.15, 0.2) is 69.6 Å². The molecule has 2 atom stereocenters. The molecule has 8 nitrogen and oxygen atoms in total. The Hall–Kier alpha value is -4.54. The first-order valence-corrected chi connectivity index (χ1v) is 49.6. The topological polar surface area (TPSA) is 81.2 Å². The van der Waals surface area contributed by atoms with Crippen LogP contribution in [0.1, 0.15) is 449 Å². The Labute approximate surface area is 701 Å². The molecular weight excluding hydrogens is 1500 g/mol. The van der Waals surface area contributed by atoms with Crippen LogP contribution in [0.25, 0.3) is 33.1 Å². The van der Waals surface area contributed by atoms with Crippen molar-refractivity contribution in [3.63, 3.8) is 0 Å². The maximum absolute atomic E-state index is 16.3. The lowest BCUT2D eigenvalue weighted by atomic mass is 9.92. The van der Waals surface area contributed by atoms with Gasteiger partial charge in [0.2, 0.25) is 0 Å². The molecule has 0 aromatic heterocycles. The minimum Gasteiger partial charge on any atom is -0.307 e. The van der Waals surface area contributed by atoms with Gasteiger partial charge in [0, 0.05) is 68.2 Å². The number of carbonyl (C=O) groups excluding carboxylic acids is 4. The number of carbonyl (C=O) groups is 4. The first kappa shape index (κ1) is 93.0. The van der Waals surface area contributed by atoms with E-state index in [-0.39, 0.29) is 23.6 Å². The number of nitrogens with zero attached hydrogens (tertiary/aromatic N) is 4. The summed E-state index contributed by atoms with van der Waals surface area (Å²) >= 11 is 7.75. The number of halogens is 2. The third-order valence-corrected chi connectivity index (χ3v) is 26.8. The standard InChI is InChI=1S/C102H158Br2N4O4/c1-7-13-19-25-31-37-41-47-53-59-65-81(63-57-51-45-35-29-23-17-11-5)79-107-91-77-83(103)67-69-87(91)93(101(107)111)95-89-73-71-86-85(97(89)105(99(95)109)75-61-55-49-43-39-33-27-21-15-9-3)72-74-90-96(100(110)106(98(86)90)76-62-56-50-44-40-34-28-22-16-10-4)94-88-70-68-84(104)78-92(88)108(102(94)112)80-82(64-58-52-46-36-30-24-18-12-6)66-60-54-48-42-38-32-26-20-14-8-2/h67-74,77-78,81-82H,7-66,75-76,79-80H2,1-6H3/b95-93-,96-94+. The molecule has 8 rings (SSSR count). The van der Waals surface area contributed by atoms with Crippen LogP contribution < -0.4 is 19.6 Å². The summed E-state index contributed by atoms with van der Waals surface area (Å²) in [5.74, 6) is 0.369. The van der Waals surface area contributed by atoms with Gasteiger partial charge >= 0.3 is 0 Å². The molecule has 4 aliphatic heterocycles. The molecule has 112 heavy (non-hydrogen) atoms. The maximum Gasteiger partial charge on any atom is 0.259 e. The molecule has 4 amide bonds. The van der Waals surface area contributed by atoms with E-state index < -0.39 is 0 Å². The van der Waals surface area contributed by atoms with E-state index in [0.29, 0.717) is 60.3 Å². The van der Waals surface area contributed by atoms with E-state index in [0.717, 1.165) is 129 Å². The normalized spacial score (nSPS) is 15.9. The number of benzene rings is 4. The van der Waals surface area contributed by atoms with Gasteiger partial charge < -0.3 is 19.6 Å². The van der Waals surface area contributed by atoms with Gasteiger partial charge in [0.15, 0.2) is 0 Å². The molecule has 0 saturated heterocycles. The van der Waals surface area contributed by atoms with E-state index >= 15 is 19.2 Å². The van der Waals surface area contributed by atoms with Gasteiger partial charge in [-0.15, -0.1) is 0 Å². The molecule has 624 valence electrons. The van der Waals surface area contributed by atoms with E-state index in [4.69, 9.17) is 0 Å². The van der Waals surface area contributed by atoms with Crippen molar-refractivity contribution < 1.29 is 19.2 Å². The zero-order valence-electron chi connectivity index (χ0n) is 72.4. The fourth-order valence-corrected chi connectivity index (χ4v) is 19.8. The average Bonchev–Trinajstić information content (AvgIpc) is 1.54. The predicted octanol–water partition coefficient (Wildman–Crippen LogP) is 32.3. The summed E-state index contributed by atoms with van der Waals surface area (Å²) < 4.78 is 1.86. The zero-order chi connectivity index (χ0) is 79.3. The van der Waals surface area contributed by atoms with E-state index in [2.05, 4.69) is 144 Å². The Bertz CT molecular complexity index is 3250. The van der Waals surface area contributed by atoms with Crippen LogP contribution in [0.4, 0.5) is 22.7 Å². The predicted molar refractivity (Wildman–Crippen MR) is 493 cm³/mol. The molecule has 0 saturated carbocycles. The van der Waals surface area contributed by atoms with Crippen molar-refractivity contribution in [1.29, 1.82) is 0 Å². The Morgan fingerprint density at radius 1 is 0.241 bits per heavy atom. The first-order valence-electron chi connectivity index (χ1n) is 48.0. The minimum atomic E-state index is -0.103. The lowest BCUT2D eigenvalue weighted by Gasteiger charge is -2.25. The van der Waals surface area contributed by atoms with Gasteiger partial charge in [0.05, 0.1) is 45.0 Å². The Morgan fingerprint density at radius 3 is 0.696 bits per heavy atom. The number of fused-ring (bicyclic) bond motifs is 7. The summed E-state index contributed by atoms with van der Waals surface area (Å²) in [7, 11) is 0. The zero-order valence-corrected chi connectivity index (χ0v) is 75.5. The van der Waals surface area contributed by atoms with Crippen molar-refractivity contribution in [1.82, 2.24) is 0 Å². The molecule has 10 heteroatoms. The van der Waals surface area contributed by atoms with Crippen molar-refractivity contribution in [2.75, 3.05) is 45.8 Å². The minimum absolute atomic E-state index is 0.0633. The molecule has 0 N–H and O–H groups in total. The SMILES string of the molecule is CCCCCCCCCCCCC(CCCCCCCCCC)CN1C(=O)/C(=C2\C(=O)N(CCCCCCCCCCCC)c3c2ccc2c4c(ccc32)/C(=C2\C(=O)N(CC(CCCCCCCCCC)CCCCCCCCCCCC)c3cc(Br)ccc32)C(=O)N4CCCCCCCCCCCC)c2ccc(Br)cc21. The number of anilines is 4. The fraction of sp³-hybridized carbons (Fsp3) is 0.706. The van der Waals surface area contributed by atoms with Crippen LogP contribution in [0.5, 0.6) is 0 Å². The third-order valence-electron chi connectivity index (χ3n) is 25.8. The molecular formula is C102H158Br2N4O4. The first-order chi connectivity index (χ1) is 55.0.